The topological polar surface area (TPSA) is 37.3 Å². The van der Waals surface area contributed by atoms with Crippen LogP contribution in [0.1, 0.15) is 34.9 Å². The fourth-order valence-corrected chi connectivity index (χ4v) is 3.30. The van der Waals surface area contributed by atoms with E-state index < -0.39 is 0 Å². The number of rotatable bonds is 5. The highest BCUT2D eigenvalue weighted by Gasteiger charge is 2.24. The van der Waals surface area contributed by atoms with Crippen molar-refractivity contribution in [3.8, 4) is 0 Å². The van der Waals surface area contributed by atoms with Crippen molar-refractivity contribution in [2.24, 2.45) is 7.05 Å². The Kier molecular flexibility index (Phi) is 5.03. The Labute approximate surface area is 142 Å². The van der Waals surface area contributed by atoms with E-state index in [2.05, 4.69) is 22.3 Å². The van der Waals surface area contributed by atoms with Crippen molar-refractivity contribution in [1.29, 1.82) is 0 Å². The van der Waals surface area contributed by atoms with Crippen molar-refractivity contribution in [2.45, 2.75) is 18.9 Å². The second-order valence-electron chi connectivity index (χ2n) is 6.02. The zero-order valence-corrected chi connectivity index (χ0v) is 14.1. The number of likely N-dealkylation sites (tertiary alicyclic amines) is 1. The summed E-state index contributed by atoms with van der Waals surface area (Å²) in [5, 5.41) is 3.82. The van der Waals surface area contributed by atoms with Crippen molar-refractivity contribution >= 4 is 17.5 Å². The van der Waals surface area contributed by atoms with Gasteiger partial charge in [-0.25, -0.2) is 0 Å². The van der Waals surface area contributed by atoms with Gasteiger partial charge in [0.05, 0.1) is 6.04 Å². The number of carbonyl (C=O) groups is 1. The van der Waals surface area contributed by atoms with Crippen molar-refractivity contribution in [1.82, 2.24) is 14.8 Å². The number of halogens is 1. The largest absolute Gasteiger partial charge is 0.349 e. The van der Waals surface area contributed by atoms with Crippen molar-refractivity contribution in [2.75, 3.05) is 19.6 Å². The van der Waals surface area contributed by atoms with E-state index in [1.165, 1.54) is 18.4 Å². The normalized spacial score (nSPS) is 16.4. The van der Waals surface area contributed by atoms with E-state index in [0.29, 0.717) is 12.2 Å². The van der Waals surface area contributed by atoms with Crippen molar-refractivity contribution < 1.29 is 4.79 Å². The van der Waals surface area contributed by atoms with Crippen molar-refractivity contribution in [3.05, 3.63) is 58.9 Å². The Morgan fingerprint density at radius 3 is 2.52 bits per heavy atom. The molecule has 1 aliphatic rings. The molecule has 5 heteroatoms. The molecule has 1 aromatic carbocycles. The summed E-state index contributed by atoms with van der Waals surface area (Å²) in [5.41, 5.74) is 1.88. The number of nitrogens with zero attached hydrogens (tertiary/aromatic N) is 2. The van der Waals surface area contributed by atoms with Crippen LogP contribution in [0.15, 0.2) is 42.6 Å². The quantitative estimate of drug-likeness (QED) is 0.913. The molecule has 0 radical (unpaired) electrons. The molecule has 0 unspecified atom stereocenters. The van der Waals surface area contributed by atoms with Gasteiger partial charge in [0.2, 0.25) is 0 Å². The average molecular weight is 332 g/mol. The van der Waals surface area contributed by atoms with Crippen LogP contribution < -0.4 is 5.32 Å². The van der Waals surface area contributed by atoms with Crippen LogP contribution in [0.25, 0.3) is 0 Å². The summed E-state index contributed by atoms with van der Waals surface area (Å²) in [7, 11) is 1.88. The maximum Gasteiger partial charge on any atom is 0.267 e. The van der Waals surface area contributed by atoms with E-state index in [1.54, 1.807) is 0 Å². The van der Waals surface area contributed by atoms with Crippen LogP contribution in [0.3, 0.4) is 0 Å². The third-order valence-corrected chi connectivity index (χ3v) is 4.72. The highest BCUT2D eigenvalue weighted by atomic mass is 35.5. The summed E-state index contributed by atoms with van der Waals surface area (Å²) >= 11 is 6.00. The molecule has 4 nitrogen and oxygen atoms in total. The van der Waals surface area contributed by atoms with E-state index in [9.17, 15) is 4.79 Å². The molecule has 0 saturated carbocycles. The SMILES string of the molecule is Cn1cccc1C(=O)NC[C@H](c1ccc(Cl)cc1)N1CCCC1. The van der Waals surface area contributed by atoms with Crippen LogP contribution in [-0.4, -0.2) is 35.0 Å². The molecule has 1 aromatic heterocycles. The second-order valence-corrected chi connectivity index (χ2v) is 6.46. The first-order valence-corrected chi connectivity index (χ1v) is 8.42. The summed E-state index contributed by atoms with van der Waals surface area (Å²) in [5.74, 6) is -0.0318. The van der Waals surface area contributed by atoms with Gasteiger partial charge in [-0.3, -0.25) is 9.69 Å². The van der Waals surface area contributed by atoms with E-state index in [1.807, 2.05) is 42.1 Å². The predicted octanol–water partition coefficient (Wildman–Crippen LogP) is 3.25. The van der Waals surface area contributed by atoms with Crippen LogP contribution in [0.5, 0.6) is 0 Å². The van der Waals surface area contributed by atoms with Crippen LogP contribution in [0, 0.1) is 0 Å². The van der Waals surface area contributed by atoms with Crippen LogP contribution in [-0.2, 0) is 7.05 Å². The van der Waals surface area contributed by atoms with Gasteiger partial charge in [-0.1, -0.05) is 23.7 Å². The fourth-order valence-electron chi connectivity index (χ4n) is 3.17. The van der Waals surface area contributed by atoms with Gasteiger partial charge in [-0.15, -0.1) is 0 Å². The molecule has 0 bridgehead atoms. The van der Waals surface area contributed by atoms with Gasteiger partial charge in [-0.05, 0) is 55.8 Å². The Hall–Kier alpha value is -1.78. The average Bonchev–Trinajstić information content (AvgIpc) is 3.20. The zero-order valence-electron chi connectivity index (χ0n) is 13.3. The summed E-state index contributed by atoms with van der Waals surface area (Å²) in [6.45, 7) is 2.76. The number of aryl methyl sites for hydroxylation is 1. The maximum atomic E-state index is 12.4. The molecule has 1 amide bonds. The van der Waals surface area contributed by atoms with Gasteiger partial charge >= 0.3 is 0 Å². The van der Waals surface area contributed by atoms with Gasteiger partial charge in [-0.2, -0.15) is 0 Å². The minimum absolute atomic E-state index is 0.0318. The monoisotopic (exact) mass is 331 g/mol. The first-order valence-electron chi connectivity index (χ1n) is 8.04. The number of carbonyl (C=O) groups excluding carboxylic acids is 1. The van der Waals surface area contributed by atoms with Gasteiger partial charge in [0.1, 0.15) is 5.69 Å². The number of amides is 1. The van der Waals surface area contributed by atoms with E-state index in [0.717, 1.165) is 18.1 Å². The number of nitrogens with one attached hydrogen (secondary N) is 1. The number of aromatic nitrogens is 1. The molecule has 3 rings (SSSR count). The molecule has 23 heavy (non-hydrogen) atoms. The maximum absolute atomic E-state index is 12.4. The Bertz CT molecular complexity index is 659. The molecule has 1 fully saturated rings. The summed E-state index contributed by atoms with van der Waals surface area (Å²) in [6.07, 6.45) is 4.32. The fraction of sp³-hybridized carbons (Fsp3) is 0.389. The minimum atomic E-state index is -0.0318. The molecule has 2 aromatic rings. The minimum Gasteiger partial charge on any atom is -0.349 e. The second kappa shape index (κ2) is 7.20. The van der Waals surface area contributed by atoms with E-state index in [-0.39, 0.29) is 11.9 Å². The first-order chi connectivity index (χ1) is 11.1. The molecular formula is C18H22ClN3O. The molecule has 0 spiro atoms. The molecule has 2 heterocycles. The van der Waals surface area contributed by atoms with Gasteiger partial charge in [0.25, 0.3) is 5.91 Å². The summed E-state index contributed by atoms with van der Waals surface area (Å²) in [6, 6.07) is 11.9. The highest BCUT2D eigenvalue weighted by Crippen LogP contribution is 2.25. The lowest BCUT2D eigenvalue weighted by Crippen LogP contribution is -2.37. The number of benzene rings is 1. The molecule has 1 saturated heterocycles. The highest BCUT2D eigenvalue weighted by molar-refractivity contribution is 6.30. The molecule has 0 aliphatic carbocycles. The standard InChI is InChI=1S/C18H22ClN3O/c1-21-10-4-5-16(21)18(23)20-13-17(22-11-2-3-12-22)14-6-8-15(19)9-7-14/h4-10,17H,2-3,11-13H2,1H3,(H,20,23)/t17-/m1/s1. The Morgan fingerprint density at radius 1 is 1.22 bits per heavy atom. The lowest BCUT2D eigenvalue weighted by molar-refractivity contribution is 0.0930. The molecule has 1 N–H and O–H groups in total. The van der Waals surface area contributed by atoms with E-state index in [4.69, 9.17) is 11.6 Å². The Balaban J connectivity index is 1.72. The van der Waals surface area contributed by atoms with Gasteiger partial charge < -0.3 is 9.88 Å². The lowest BCUT2D eigenvalue weighted by atomic mass is 10.1. The van der Waals surface area contributed by atoms with Gasteiger partial charge in [0.15, 0.2) is 0 Å². The molecular weight excluding hydrogens is 310 g/mol. The number of hydrogen-bond donors (Lipinski definition) is 1. The Morgan fingerprint density at radius 2 is 1.91 bits per heavy atom. The zero-order chi connectivity index (χ0) is 16.2. The summed E-state index contributed by atoms with van der Waals surface area (Å²) in [4.78, 5) is 14.8. The smallest absolute Gasteiger partial charge is 0.267 e. The third kappa shape index (κ3) is 3.77. The van der Waals surface area contributed by atoms with Crippen LogP contribution >= 0.6 is 11.6 Å². The van der Waals surface area contributed by atoms with Crippen LogP contribution in [0.2, 0.25) is 5.02 Å². The third-order valence-electron chi connectivity index (χ3n) is 4.47. The first kappa shape index (κ1) is 16.1. The van der Waals surface area contributed by atoms with Gasteiger partial charge in [0, 0.05) is 24.8 Å². The molecule has 1 aliphatic heterocycles. The molecule has 122 valence electrons. The van der Waals surface area contributed by atoms with Crippen LogP contribution in [0.4, 0.5) is 0 Å². The lowest BCUT2D eigenvalue weighted by Gasteiger charge is -2.28. The molecule has 1 atom stereocenters. The van der Waals surface area contributed by atoms with Crippen molar-refractivity contribution in [3.63, 3.8) is 0 Å². The predicted molar refractivity (Wildman–Crippen MR) is 92.7 cm³/mol. The number of hydrogen-bond acceptors (Lipinski definition) is 2. The summed E-state index contributed by atoms with van der Waals surface area (Å²) < 4.78 is 1.84. The van der Waals surface area contributed by atoms with E-state index >= 15 is 0 Å².